The predicted molar refractivity (Wildman–Crippen MR) is 76.1 cm³/mol. The minimum absolute atomic E-state index is 0.0754. The van der Waals surface area contributed by atoms with Crippen LogP contribution < -0.4 is 10.6 Å². The van der Waals surface area contributed by atoms with Crippen molar-refractivity contribution >= 4 is 33.6 Å². The van der Waals surface area contributed by atoms with Crippen molar-refractivity contribution in [1.29, 1.82) is 0 Å². The quantitative estimate of drug-likeness (QED) is 0.754. The van der Waals surface area contributed by atoms with Gasteiger partial charge in [0.2, 0.25) is 6.39 Å². The number of urea groups is 1. The van der Waals surface area contributed by atoms with E-state index in [1.54, 1.807) is 6.07 Å². The second-order valence-electron chi connectivity index (χ2n) is 4.01. The van der Waals surface area contributed by atoms with Gasteiger partial charge in [0.25, 0.3) is 0 Å². The van der Waals surface area contributed by atoms with Gasteiger partial charge in [0.05, 0.1) is 5.56 Å². The lowest BCUT2D eigenvalue weighted by molar-refractivity contribution is 0.0697. The maximum absolute atomic E-state index is 11.7. The van der Waals surface area contributed by atoms with Crippen LogP contribution in [0.25, 0.3) is 0 Å². The van der Waals surface area contributed by atoms with Gasteiger partial charge in [0.1, 0.15) is 0 Å². The Bertz CT molecular complexity index is 645. The highest BCUT2D eigenvalue weighted by Gasteiger charge is 2.08. The zero-order valence-corrected chi connectivity index (χ0v) is 12.3. The van der Waals surface area contributed by atoms with Gasteiger partial charge in [-0.1, -0.05) is 21.1 Å². The first kappa shape index (κ1) is 15.0. The largest absolute Gasteiger partial charge is 0.478 e. The van der Waals surface area contributed by atoms with Crippen LogP contribution in [0.5, 0.6) is 0 Å². The van der Waals surface area contributed by atoms with Crippen molar-refractivity contribution in [2.24, 2.45) is 0 Å². The summed E-state index contributed by atoms with van der Waals surface area (Å²) in [6.45, 7) is 0.325. The van der Waals surface area contributed by atoms with Crippen LogP contribution in [0.2, 0.25) is 0 Å². The summed E-state index contributed by atoms with van der Waals surface area (Å²) in [5.41, 5.74) is 0.449. The molecule has 3 N–H and O–H groups in total. The summed E-state index contributed by atoms with van der Waals surface area (Å²) in [5.74, 6) is -0.581. The van der Waals surface area contributed by atoms with Crippen LogP contribution in [0.1, 0.15) is 16.2 Å². The monoisotopic (exact) mass is 354 g/mol. The smallest absolute Gasteiger partial charge is 0.335 e. The number of hydrogen-bond acceptors (Lipinski definition) is 5. The second kappa shape index (κ2) is 6.84. The van der Waals surface area contributed by atoms with Gasteiger partial charge in [-0.25, -0.2) is 9.59 Å². The lowest BCUT2D eigenvalue weighted by Gasteiger charge is -2.08. The number of rotatable bonds is 5. The SMILES string of the molecule is O=C(NCCc1ncon1)Nc1cc(Br)cc(C(=O)O)c1. The standard InChI is InChI=1S/C12H11BrN4O4/c13-8-3-7(11(18)19)4-9(5-8)16-12(20)14-2-1-10-15-6-21-17-10/h3-6H,1-2H2,(H,18,19)(H2,14,16,20). The third kappa shape index (κ3) is 4.56. The molecule has 2 rings (SSSR count). The topological polar surface area (TPSA) is 117 Å². The fraction of sp³-hybridized carbons (Fsp3) is 0.167. The van der Waals surface area contributed by atoms with Crippen molar-refractivity contribution in [1.82, 2.24) is 15.5 Å². The molecule has 8 nitrogen and oxygen atoms in total. The van der Waals surface area contributed by atoms with Gasteiger partial charge in [-0.05, 0) is 18.2 Å². The lowest BCUT2D eigenvalue weighted by atomic mass is 10.2. The molecule has 0 radical (unpaired) electrons. The number of halogens is 1. The van der Waals surface area contributed by atoms with Gasteiger partial charge < -0.3 is 20.3 Å². The summed E-state index contributed by atoms with van der Waals surface area (Å²) in [4.78, 5) is 26.4. The molecule has 1 aromatic heterocycles. The molecule has 21 heavy (non-hydrogen) atoms. The molecule has 9 heteroatoms. The minimum Gasteiger partial charge on any atom is -0.478 e. The fourth-order valence-electron chi connectivity index (χ4n) is 1.55. The van der Waals surface area contributed by atoms with Crippen LogP contribution in [0.3, 0.4) is 0 Å². The molecule has 0 saturated heterocycles. The van der Waals surface area contributed by atoms with Crippen molar-refractivity contribution in [3.8, 4) is 0 Å². The molecular formula is C12H11BrN4O4. The van der Waals surface area contributed by atoms with Crippen LogP contribution in [-0.2, 0) is 6.42 Å². The number of amides is 2. The normalized spacial score (nSPS) is 10.1. The molecule has 0 aliphatic heterocycles. The molecular weight excluding hydrogens is 344 g/mol. The zero-order chi connectivity index (χ0) is 15.2. The highest BCUT2D eigenvalue weighted by Crippen LogP contribution is 2.19. The Kier molecular flexibility index (Phi) is 4.88. The van der Waals surface area contributed by atoms with Crippen LogP contribution in [0.15, 0.2) is 33.6 Å². The highest BCUT2D eigenvalue weighted by molar-refractivity contribution is 9.10. The van der Waals surface area contributed by atoms with E-state index in [0.717, 1.165) is 0 Å². The van der Waals surface area contributed by atoms with E-state index in [4.69, 9.17) is 5.11 Å². The van der Waals surface area contributed by atoms with E-state index in [1.165, 1.54) is 18.5 Å². The van der Waals surface area contributed by atoms with Gasteiger partial charge in [0, 0.05) is 23.1 Å². The average molecular weight is 355 g/mol. The van der Waals surface area contributed by atoms with Crippen molar-refractivity contribution in [3.63, 3.8) is 0 Å². The van der Waals surface area contributed by atoms with Gasteiger partial charge in [0.15, 0.2) is 5.82 Å². The highest BCUT2D eigenvalue weighted by atomic mass is 79.9. The van der Waals surface area contributed by atoms with Crippen molar-refractivity contribution < 1.29 is 19.2 Å². The molecule has 0 spiro atoms. The summed E-state index contributed by atoms with van der Waals surface area (Å²) < 4.78 is 5.13. The maximum atomic E-state index is 11.7. The van der Waals surface area contributed by atoms with E-state index >= 15 is 0 Å². The molecule has 2 aromatic rings. The number of nitrogens with one attached hydrogen (secondary N) is 2. The van der Waals surface area contributed by atoms with Gasteiger partial charge in [-0.2, -0.15) is 4.98 Å². The first-order chi connectivity index (χ1) is 10.0. The zero-order valence-electron chi connectivity index (χ0n) is 10.7. The number of carbonyl (C=O) groups excluding carboxylic acids is 1. The number of anilines is 1. The van der Waals surface area contributed by atoms with E-state index in [9.17, 15) is 9.59 Å². The third-order valence-electron chi connectivity index (χ3n) is 2.44. The Morgan fingerprint density at radius 1 is 1.33 bits per heavy atom. The van der Waals surface area contributed by atoms with Gasteiger partial charge in [-0.15, -0.1) is 0 Å². The molecule has 2 amide bonds. The van der Waals surface area contributed by atoms with Crippen LogP contribution in [0.4, 0.5) is 10.5 Å². The van der Waals surface area contributed by atoms with E-state index in [2.05, 4.69) is 41.2 Å². The molecule has 0 unspecified atom stereocenters. The number of nitrogens with zero attached hydrogens (tertiary/aromatic N) is 2. The Balaban J connectivity index is 1.88. The number of carboxylic acid groups (broad SMARTS) is 1. The number of aromatic nitrogens is 2. The molecule has 0 fully saturated rings. The molecule has 0 aliphatic carbocycles. The molecule has 0 saturated carbocycles. The number of benzene rings is 1. The Morgan fingerprint density at radius 2 is 2.14 bits per heavy atom. The molecule has 1 aromatic carbocycles. The Hall–Kier alpha value is -2.42. The predicted octanol–water partition coefficient (Wildman–Crippen LogP) is 1.89. The van der Waals surface area contributed by atoms with Crippen molar-refractivity contribution in [2.45, 2.75) is 6.42 Å². The van der Waals surface area contributed by atoms with E-state index in [0.29, 0.717) is 29.0 Å². The fourth-order valence-corrected chi connectivity index (χ4v) is 2.04. The van der Waals surface area contributed by atoms with Crippen LogP contribution >= 0.6 is 15.9 Å². The number of carbonyl (C=O) groups is 2. The van der Waals surface area contributed by atoms with E-state index in [1.807, 2.05) is 0 Å². The number of hydrogen-bond donors (Lipinski definition) is 3. The molecule has 110 valence electrons. The summed E-state index contributed by atoms with van der Waals surface area (Å²) in [7, 11) is 0. The second-order valence-corrected chi connectivity index (χ2v) is 4.93. The summed E-state index contributed by atoms with van der Waals surface area (Å²) >= 11 is 3.19. The van der Waals surface area contributed by atoms with Gasteiger partial charge >= 0.3 is 12.0 Å². The number of aromatic carboxylic acids is 1. The summed E-state index contributed by atoms with van der Waals surface area (Å²) in [5, 5.41) is 17.7. The summed E-state index contributed by atoms with van der Waals surface area (Å²) in [6.07, 6.45) is 1.65. The minimum atomic E-state index is -1.07. The maximum Gasteiger partial charge on any atom is 0.335 e. The molecule has 0 bridgehead atoms. The Labute approximate surface area is 127 Å². The molecule has 1 heterocycles. The molecule has 0 atom stereocenters. The van der Waals surface area contributed by atoms with Crippen molar-refractivity contribution in [2.75, 3.05) is 11.9 Å². The van der Waals surface area contributed by atoms with E-state index in [-0.39, 0.29) is 5.56 Å². The first-order valence-corrected chi connectivity index (χ1v) is 6.68. The van der Waals surface area contributed by atoms with Crippen LogP contribution in [0, 0.1) is 0 Å². The summed E-state index contributed by atoms with van der Waals surface area (Å²) in [6, 6.07) is 3.96. The molecule has 0 aliphatic rings. The van der Waals surface area contributed by atoms with Crippen LogP contribution in [-0.4, -0.2) is 33.8 Å². The lowest BCUT2D eigenvalue weighted by Crippen LogP contribution is -2.30. The average Bonchev–Trinajstić information content (AvgIpc) is 2.91. The van der Waals surface area contributed by atoms with E-state index < -0.39 is 12.0 Å². The van der Waals surface area contributed by atoms with Gasteiger partial charge in [-0.3, -0.25) is 0 Å². The third-order valence-corrected chi connectivity index (χ3v) is 2.90. The Morgan fingerprint density at radius 3 is 2.81 bits per heavy atom. The van der Waals surface area contributed by atoms with Crippen molar-refractivity contribution in [3.05, 3.63) is 40.5 Å². The number of carboxylic acids is 1. The first-order valence-electron chi connectivity index (χ1n) is 5.88.